The second-order valence-electron chi connectivity index (χ2n) is 4.34. The summed E-state index contributed by atoms with van der Waals surface area (Å²) in [5.74, 6) is -0.952. The maximum Gasteiger partial charge on any atom is 0.305 e. The molecule has 1 fully saturated rings. The monoisotopic (exact) mass is 229 g/mol. The number of aliphatic carboxylic acids is 1. The Hall–Kier alpha value is -1.10. The van der Waals surface area contributed by atoms with E-state index in [4.69, 9.17) is 9.84 Å². The number of hydrogen-bond donors (Lipinski definition) is 1. The number of carbonyl (C=O) groups excluding carboxylic acids is 1. The van der Waals surface area contributed by atoms with Crippen molar-refractivity contribution in [1.29, 1.82) is 0 Å². The molecule has 1 N–H and O–H groups in total. The van der Waals surface area contributed by atoms with Crippen molar-refractivity contribution in [1.82, 2.24) is 4.90 Å². The van der Waals surface area contributed by atoms with Gasteiger partial charge in [-0.05, 0) is 26.7 Å². The average Bonchev–Trinajstić information content (AvgIpc) is 2.61. The third-order valence-corrected chi connectivity index (χ3v) is 2.65. The summed E-state index contributed by atoms with van der Waals surface area (Å²) < 4.78 is 5.23. The van der Waals surface area contributed by atoms with Crippen molar-refractivity contribution in [2.24, 2.45) is 0 Å². The fraction of sp³-hybridized carbons (Fsp3) is 0.818. The molecule has 1 heterocycles. The van der Waals surface area contributed by atoms with Gasteiger partial charge in [0.25, 0.3) is 0 Å². The first-order chi connectivity index (χ1) is 7.50. The van der Waals surface area contributed by atoms with Gasteiger partial charge in [-0.15, -0.1) is 0 Å². The van der Waals surface area contributed by atoms with E-state index in [1.54, 1.807) is 4.90 Å². The Morgan fingerprint density at radius 2 is 2.19 bits per heavy atom. The van der Waals surface area contributed by atoms with E-state index in [1.165, 1.54) is 0 Å². The van der Waals surface area contributed by atoms with Crippen LogP contribution in [-0.4, -0.2) is 47.2 Å². The van der Waals surface area contributed by atoms with Gasteiger partial charge in [0.1, 0.15) is 6.61 Å². The number of carboxylic acids is 1. The van der Waals surface area contributed by atoms with Crippen LogP contribution < -0.4 is 0 Å². The summed E-state index contributed by atoms with van der Waals surface area (Å²) in [6, 6.07) is -0.152. The molecule has 0 saturated carbocycles. The first-order valence-corrected chi connectivity index (χ1v) is 5.63. The van der Waals surface area contributed by atoms with Crippen LogP contribution in [0.15, 0.2) is 0 Å². The zero-order valence-corrected chi connectivity index (χ0v) is 9.81. The molecule has 0 bridgehead atoms. The quantitative estimate of drug-likeness (QED) is 0.759. The molecule has 1 atom stereocenters. The van der Waals surface area contributed by atoms with Crippen LogP contribution in [0.5, 0.6) is 0 Å². The molecule has 1 aliphatic heterocycles. The number of nitrogens with zero attached hydrogens (tertiary/aromatic N) is 1. The Morgan fingerprint density at radius 1 is 1.50 bits per heavy atom. The molecule has 1 amide bonds. The molecule has 5 nitrogen and oxygen atoms in total. The number of ether oxygens (including phenoxy) is 1. The van der Waals surface area contributed by atoms with Gasteiger partial charge in [-0.2, -0.15) is 0 Å². The molecule has 0 aromatic rings. The predicted molar refractivity (Wildman–Crippen MR) is 58.1 cm³/mol. The zero-order valence-electron chi connectivity index (χ0n) is 9.81. The van der Waals surface area contributed by atoms with E-state index in [9.17, 15) is 9.59 Å². The third-order valence-electron chi connectivity index (χ3n) is 2.65. The molecule has 1 unspecified atom stereocenters. The predicted octanol–water partition coefficient (Wildman–Crippen LogP) is 0.877. The summed E-state index contributed by atoms with van der Waals surface area (Å²) >= 11 is 0. The standard InChI is InChI=1S/C11H19NO4/c1-8(2)16-7-10(13)12-5-3-4-9(12)6-11(14)15/h8-9H,3-7H2,1-2H3,(H,14,15). The van der Waals surface area contributed by atoms with E-state index in [2.05, 4.69) is 0 Å². The van der Waals surface area contributed by atoms with Crippen LogP contribution in [0.2, 0.25) is 0 Å². The van der Waals surface area contributed by atoms with Crippen molar-refractivity contribution in [2.75, 3.05) is 13.2 Å². The number of likely N-dealkylation sites (tertiary alicyclic amines) is 1. The molecule has 1 aliphatic rings. The minimum absolute atomic E-state index is 0.0180. The van der Waals surface area contributed by atoms with Crippen LogP contribution in [0.4, 0.5) is 0 Å². The van der Waals surface area contributed by atoms with E-state index in [0.29, 0.717) is 6.54 Å². The molecule has 0 aliphatic carbocycles. The molecule has 1 saturated heterocycles. The van der Waals surface area contributed by atoms with E-state index in [-0.39, 0.29) is 31.1 Å². The summed E-state index contributed by atoms with van der Waals surface area (Å²) in [5, 5.41) is 8.72. The van der Waals surface area contributed by atoms with Crippen LogP contribution in [0, 0.1) is 0 Å². The second kappa shape index (κ2) is 5.84. The van der Waals surface area contributed by atoms with E-state index in [1.807, 2.05) is 13.8 Å². The Morgan fingerprint density at radius 3 is 2.75 bits per heavy atom. The molecule has 1 rings (SSSR count). The molecule has 0 spiro atoms. The van der Waals surface area contributed by atoms with Crippen LogP contribution in [0.25, 0.3) is 0 Å². The van der Waals surface area contributed by atoms with Crippen LogP contribution >= 0.6 is 0 Å². The lowest BCUT2D eigenvalue weighted by Gasteiger charge is -2.23. The maximum absolute atomic E-state index is 11.7. The van der Waals surface area contributed by atoms with Crippen molar-refractivity contribution in [2.45, 2.75) is 45.3 Å². The molecular weight excluding hydrogens is 210 g/mol. The number of rotatable bonds is 5. The Labute approximate surface area is 95.4 Å². The number of hydrogen-bond acceptors (Lipinski definition) is 3. The van der Waals surface area contributed by atoms with Crippen molar-refractivity contribution in [3.8, 4) is 0 Å². The van der Waals surface area contributed by atoms with Crippen molar-refractivity contribution >= 4 is 11.9 Å². The second-order valence-corrected chi connectivity index (χ2v) is 4.34. The van der Waals surface area contributed by atoms with Gasteiger partial charge in [-0.1, -0.05) is 0 Å². The minimum Gasteiger partial charge on any atom is -0.481 e. The van der Waals surface area contributed by atoms with E-state index < -0.39 is 5.97 Å². The lowest BCUT2D eigenvalue weighted by molar-refractivity contribution is -0.142. The largest absolute Gasteiger partial charge is 0.481 e. The normalized spacial score (nSPS) is 20.4. The van der Waals surface area contributed by atoms with Crippen LogP contribution in [0.3, 0.4) is 0 Å². The minimum atomic E-state index is -0.852. The van der Waals surface area contributed by atoms with Crippen molar-refractivity contribution < 1.29 is 19.4 Å². The smallest absolute Gasteiger partial charge is 0.305 e. The average molecular weight is 229 g/mol. The molecule has 0 aromatic carbocycles. The topological polar surface area (TPSA) is 66.8 Å². The van der Waals surface area contributed by atoms with E-state index in [0.717, 1.165) is 12.8 Å². The highest BCUT2D eigenvalue weighted by Gasteiger charge is 2.30. The van der Waals surface area contributed by atoms with Gasteiger partial charge in [0.05, 0.1) is 12.5 Å². The van der Waals surface area contributed by atoms with Gasteiger partial charge in [0, 0.05) is 12.6 Å². The lowest BCUT2D eigenvalue weighted by atomic mass is 10.1. The lowest BCUT2D eigenvalue weighted by Crippen LogP contribution is -2.39. The van der Waals surface area contributed by atoms with Crippen LogP contribution in [-0.2, 0) is 14.3 Å². The number of carbonyl (C=O) groups is 2. The van der Waals surface area contributed by atoms with Gasteiger partial charge < -0.3 is 14.7 Å². The van der Waals surface area contributed by atoms with Gasteiger partial charge in [0.15, 0.2) is 0 Å². The molecule has 0 aromatic heterocycles. The van der Waals surface area contributed by atoms with Gasteiger partial charge in [0.2, 0.25) is 5.91 Å². The molecule has 5 heteroatoms. The highest BCUT2D eigenvalue weighted by atomic mass is 16.5. The maximum atomic E-state index is 11.7. The zero-order chi connectivity index (χ0) is 12.1. The fourth-order valence-electron chi connectivity index (χ4n) is 1.90. The summed E-state index contributed by atoms with van der Waals surface area (Å²) in [6.07, 6.45) is 1.71. The molecule has 92 valence electrons. The van der Waals surface area contributed by atoms with Crippen molar-refractivity contribution in [3.05, 3.63) is 0 Å². The SMILES string of the molecule is CC(C)OCC(=O)N1CCCC1CC(=O)O. The molecular formula is C11H19NO4. The van der Waals surface area contributed by atoms with Gasteiger partial charge in [-0.3, -0.25) is 9.59 Å². The van der Waals surface area contributed by atoms with E-state index >= 15 is 0 Å². The van der Waals surface area contributed by atoms with Gasteiger partial charge in [-0.25, -0.2) is 0 Å². The van der Waals surface area contributed by atoms with Gasteiger partial charge >= 0.3 is 5.97 Å². The third kappa shape index (κ3) is 3.81. The Balaban J connectivity index is 2.44. The highest BCUT2D eigenvalue weighted by Crippen LogP contribution is 2.20. The first kappa shape index (κ1) is 13.0. The summed E-state index contributed by atoms with van der Waals surface area (Å²) in [4.78, 5) is 24.0. The summed E-state index contributed by atoms with van der Waals surface area (Å²) in [6.45, 7) is 4.43. The Bertz CT molecular complexity index is 265. The Kier molecular flexibility index (Phi) is 4.73. The first-order valence-electron chi connectivity index (χ1n) is 5.63. The highest BCUT2D eigenvalue weighted by molar-refractivity contribution is 5.79. The number of carboxylic acid groups (broad SMARTS) is 1. The van der Waals surface area contributed by atoms with Crippen LogP contribution in [0.1, 0.15) is 33.1 Å². The fourth-order valence-corrected chi connectivity index (χ4v) is 1.90. The molecule has 0 radical (unpaired) electrons. The summed E-state index contributed by atoms with van der Waals surface area (Å²) in [7, 11) is 0. The molecule has 16 heavy (non-hydrogen) atoms. The van der Waals surface area contributed by atoms with Crippen molar-refractivity contribution in [3.63, 3.8) is 0 Å². The summed E-state index contributed by atoms with van der Waals surface area (Å²) in [5.41, 5.74) is 0. The number of amides is 1.